The number of carbonyl (C=O) groups excluding carboxylic acids is 1. The van der Waals surface area contributed by atoms with Gasteiger partial charge in [-0.25, -0.2) is 9.98 Å². The van der Waals surface area contributed by atoms with Gasteiger partial charge in [0.15, 0.2) is 5.17 Å². The van der Waals surface area contributed by atoms with Crippen LogP contribution in [0.4, 0.5) is 5.69 Å². The Morgan fingerprint density at radius 1 is 1.25 bits per heavy atom. The lowest BCUT2D eigenvalue weighted by molar-refractivity contribution is -0.115. The number of morpholine rings is 1. The third kappa shape index (κ3) is 4.45. The van der Waals surface area contributed by atoms with E-state index in [4.69, 9.17) is 21.3 Å². The first-order valence-electron chi connectivity index (χ1n) is 10.4. The highest BCUT2D eigenvalue weighted by atomic mass is 35.5. The molecule has 1 amide bonds. The van der Waals surface area contributed by atoms with E-state index in [2.05, 4.69) is 25.8 Å². The van der Waals surface area contributed by atoms with E-state index >= 15 is 0 Å². The van der Waals surface area contributed by atoms with Crippen molar-refractivity contribution < 1.29 is 9.53 Å². The highest BCUT2D eigenvalue weighted by molar-refractivity contribution is 8.18. The molecule has 2 aliphatic rings. The molecule has 9 heteroatoms. The molecule has 7 nitrogen and oxygen atoms in total. The first-order chi connectivity index (χ1) is 15.6. The number of amidine groups is 1. The summed E-state index contributed by atoms with van der Waals surface area (Å²) in [5, 5.41) is 3.87. The summed E-state index contributed by atoms with van der Waals surface area (Å²) in [4.78, 5) is 24.7. The number of carbonyl (C=O) groups is 1. The topological polar surface area (TPSA) is 71.8 Å². The Morgan fingerprint density at radius 3 is 2.88 bits per heavy atom. The number of aryl methyl sites for hydroxylation is 1. The number of para-hydroxylation sites is 1. The maximum atomic E-state index is 12.5. The van der Waals surface area contributed by atoms with Gasteiger partial charge < -0.3 is 14.6 Å². The van der Waals surface area contributed by atoms with E-state index in [1.807, 2.05) is 43.5 Å². The molecule has 0 aliphatic carbocycles. The Morgan fingerprint density at radius 2 is 2.06 bits per heavy atom. The van der Waals surface area contributed by atoms with Crippen LogP contribution in [0.15, 0.2) is 52.4 Å². The van der Waals surface area contributed by atoms with Crippen molar-refractivity contribution in [1.29, 1.82) is 0 Å². The van der Waals surface area contributed by atoms with Gasteiger partial charge in [0.25, 0.3) is 5.91 Å². The predicted molar refractivity (Wildman–Crippen MR) is 129 cm³/mol. The van der Waals surface area contributed by atoms with E-state index in [9.17, 15) is 4.79 Å². The third-order valence-electron chi connectivity index (χ3n) is 5.49. The fourth-order valence-electron chi connectivity index (χ4n) is 3.73. The van der Waals surface area contributed by atoms with Gasteiger partial charge in [-0.1, -0.05) is 29.8 Å². The minimum absolute atomic E-state index is 0.168. The van der Waals surface area contributed by atoms with Crippen LogP contribution in [-0.2, 0) is 23.1 Å². The third-order valence-corrected chi connectivity index (χ3v) is 6.72. The molecule has 2 saturated heterocycles. The second-order valence-electron chi connectivity index (χ2n) is 7.66. The molecule has 3 heterocycles. The Hall–Kier alpha value is -2.65. The van der Waals surface area contributed by atoms with E-state index in [-0.39, 0.29) is 5.91 Å². The summed E-state index contributed by atoms with van der Waals surface area (Å²) in [6.07, 6.45) is 1.88. The van der Waals surface area contributed by atoms with Crippen LogP contribution in [0.5, 0.6) is 0 Å². The largest absolute Gasteiger partial charge is 0.379 e. The number of ether oxygens (including phenoxy) is 1. The molecule has 0 radical (unpaired) electrons. The quantitative estimate of drug-likeness (QED) is 0.588. The molecule has 1 aromatic heterocycles. The zero-order valence-electron chi connectivity index (χ0n) is 17.5. The smallest absolute Gasteiger partial charge is 0.264 e. The van der Waals surface area contributed by atoms with Gasteiger partial charge in [-0.3, -0.25) is 9.69 Å². The summed E-state index contributed by atoms with van der Waals surface area (Å²) in [6.45, 7) is 4.17. The number of halogens is 1. The monoisotopic (exact) mass is 467 g/mol. The van der Waals surface area contributed by atoms with Gasteiger partial charge in [-0.05, 0) is 47.7 Å². The first-order valence-corrected chi connectivity index (χ1v) is 11.6. The summed E-state index contributed by atoms with van der Waals surface area (Å²) in [5.41, 5.74) is 3.55. The van der Waals surface area contributed by atoms with Crippen molar-refractivity contribution in [2.24, 2.45) is 12.0 Å². The van der Waals surface area contributed by atoms with Crippen molar-refractivity contribution in [2.75, 3.05) is 26.3 Å². The number of aromatic nitrogens is 2. The Bertz CT molecular complexity index is 1250. The number of thioether (sulfide) groups is 1. The summed E-state index contributed by atoms with van der Waals surface area (Å²) in [5.74, 6) is 0.854. The molecule has 164 valence electrons. The van der Waals surface area contributed by atoms with Crippen LogP contribution in [0.1, 0.15) is 11.4 Å². The number of hydrogen-bond acceptors (Lipinski definition) is 6. The number of benzene rings is 2. The van der Waals surface area contributed by atoms with Crippen LogP contribution in [0.2, 0.25) is 5.02 Å². The van der Waals surface area contributed by atoms with E-state index in [0.717, 1.165) is 55.3 Å². The molecule has 2 aromatic carbocycles. The molecule has 2 aliphatic heterocycles. The summed E-state index contributed by atoms with van der Waals surface area (Å²) >= 11 is 7.48. The molecule has 32 heavy (non-hydrogen) atoms. The fourth-order valence-corrected chi connectivity index (χ4v) is 4.74. The van der Waals surface area contributed by atoms with Gasteiger partial charge >= 0.3 is 0 Å². The molecular weight excluding hydrogens is 446 g/mol. The molecule has 0 spiro atoms. The lowest BCUT2D eigenvalue weighted by Gasteiger charge is -2.26. The molecular formula is C23H22ClN5O2S. The number of hydrogen-bond donors (Lipinski definition) is 1. The molecule has 3 aromatic rings. The van der Waals surface area contributed by atoms with E-state index < -0.39 is 0 Å². The van der Waals surface area contributed by atoms with Gasteiger partial charge in [-0.15, -0.1) is 0 Å². The van der Waals surface area contributed by atoms with Gasteiger partial charge in [0, 0.05) is 20.1 Å². The number of nitrogens with zero attached hydrogens (tertiary/aromatic N) is 4. The van der Waals surface area contributed by atoms with Gasteiger partial charge in [-0.2, -0.15) is 0 Å². The molecule has 0 bridgehead atoms. The van der Waals surface area contributed by atoms with Gasteiger partial charge in [0.1, 0.15) is 5.82 Å². The summed E-state index contributed by atoms with van der Waals surface area (Å²) in [6, 6.07) is 13.3. The number of aliphatic imine (C=N–C) groups is 1. The van der Waals surface area contributed by atoms with Crippen molar-refractivity contribution in [1.82, 2.24) is 19.8 Å². The van der Waals surface area contributed by atoms with Crippen LogP contribution in [-0.4, -0.2) is 51.8 Å². The zero-order valence-corrected chi connectivity index (χ0v) is 19.1. The number of fused-ring (bicyclic) bond motifs is 1. The molecule has 5 rings (SSSR count). The van der Waals surface area contributed by atoms with Crippen molar-refractivity contribution in [3.63, 3.8) is 0 Å². The second kappa shape index (κ2) is 9.07. The Labute approximate surface area is 195 Å². The fraction of sp³-hybridized carbons (Fsp3) is 0.261. The number of imidazole rings is 1. The summed E-state index contributed by atoms with van der Waals surface area (Å²) in [7, 11) is 2.04. The number of nitrogens with one attached hydrogen (secondary N) is 1. The standard InChI is InChI=1S/C23H22ClN5O2S/c1-28-19-12-15(6-7-18(19)25-21(28)14-29-8-10-31-11-9-29)13-20-22(30)27-23(32-20)26-17-5-3-2-4-16(17)24/h2-7,12-13H,8-11,14H2,1H3,(H,26,27,30)/b20-13+. The second-order valence-corrected chi connectivity index (χ2v) is 9.09. The minimum atomic E-state index is -0.168. The molecule has 2 fully saturated rings. The van der Waals surface area contributed by atoms with Crippen molar-refractivity contribution in [3.05, 3.63) is 63.8 Å². The van der Waals surface area contributed by atoms with Crippen LogP contribution in [0.3, 0.4) is 0 Å². The minimum Gasteiger partial charge on any atom is -0.379 e. The predicted octanol–water partition coefficient (Wildman–Crippen LogP) is 3.95. The average Bonchev–Trinajstić information content (AvgIpc) is 3.29. The van der Waals surface area contributed by atoms with Gasteiger partial charge in [0.2, 0.25) is 0 Å². The van der Waals surface area contributed by atoms with E-state index in [0.29, 0.717) is 20.8 Å². The van der Waals surface area contributed by atoms with Crippen LogP contribution in [0.25, 0.3) is 17.1 Å². The summed E-state index contributed by atoms with van der Waals surface area (Å²) < 4.78 is 7.56. The molecule has 0 unspecified atom stereocenters. The Kier molecular flexibility index (Phi) is 6.01. The number of amides is 1. The maximum absolute atomic E-state index is 12.5. The van der Waals surface area contributed by atoms with Crippen molar-refractivity contribution in [3.8, 4) is 0 Å². The molecule has 0 atom stereocenters. The van der Waals surface area contributed by atoms with Crippen LogP contribution in [0, 0.1) is 0 Å². The number of rotatable bonds is 4. The Balaban J connectivity index is 1.38. The molecule has 1 N–H and O–H groups in total. The van der Waals surface area contributed by atoms with E-state index in [1.165, 1.54) is 11.8 Å². The normalized spacial score (nSPS) is 19.9. The maximum Gasteiger partial charge on any atom is 0.264 e. The highest BCUT2D eigenvalue weighted by Gasteiger charge is 2.24. The zero-order chi connectivity index (χ0) is 22.1. The lowest BCUT2D eigenvalue weighted by Crippen LogP contribution is -2.36. The van der Waals surface area contributed by atoms with Crippen LogP contribution < -0.4 is 5.32 Å². The SMILES string of the molecule is Cn1c(CN2CCOCC2)nc2ccc(/C=C3/SC(=Nc4ccccc4Cl)NC3=O)cc21. The van der Waals surface area contributed by atoms with Crippen LogP contribution >= 0.6 is 23.4 Å². The van der Waals surface area contributed by atoms with Gasteiger partial charge in [0.05, 0.1) is 46.4 Å². The van der Waals surface area contributed by atoms with Crippen molar-refractivity contribution >= 4 is 57.2 Å². The average molecular weight is 468 g/mol. The van der Waals surface area contributed by atoms with Crippen molar-refractivity contribution in [2.45, 2.75) is 6.54 Å². The highest BCUT2D eigenvalue weighted by Crippen LogP contribution is 2.31. The molecule has 0 saturated carbocycles. The van der Waals surface area contributed by atoms with E-state index in [1.54, 1.807) is 6.07 Å². The first kappa shape index (κ1) is 21.2. The lowest BCUT2D eigenvalue weighted by atomic mass is 10.2.